The predicted octanol–water partition coefficient (Wildman–Crippen LogP) is 10.4. The van der Waals surface area contributed by atoms with Crippen LogP contribution in [0.15, 0.2) is 60.7 Å². The van der Waals surface area contributed by atoms with E-state index in [4.69, 9.17) is 5.73 Å². The number of nitrogen functional groups attached to an aromatic ring is 1. The van der Waals surface area contributed by atoms with Crippen molar-refractivity contribution in [3.05, 3.63) is 94.3 Å². The van der Waals surface area contributed by atoms with E-state index in [1.54, 1.807) is 13.1 Å². The fourth-order valence-electron chi connectivity index (χ4n) is 5.54. The first-order valence-corrected chi connectivity index (χ1v) is 15.0. The Morgan fingerprint density at radius 3 is 2.05 bits per heavy atom. The fraction of sp³-hybridized carbons (Fsp3) is 0.444. The number of benzene rings is 3. The molecule has 3 N–H and O–H groups in total. The highest BCUT2D eigenvalue weighted by molar-refractivity contribution is 6.00. The molecule has 0 spiro atoms. The van der Waals surface area contributed by atoms with Gasteiger partial charge in [-0.25, -0.2) is 4.39 Å². The fourth-order valence-corrected chi connectivity index (χ4v) is 5.54. The van der Waals surface area contributed by atoms with Crippen LogP contribution in [0.25, 0.3) is 11.1 Å². The summed E-state index contributed by atoms with van der Waals surface area (Å²) in [4.78, 5) is 0. The van der Waals surface area contributed by atoms with Gasteiger partial charge in [0.15, 0.2) is 0 Å². The molecule has 2 aliphatic rings. The van der Waals surface area contributed by atoms with Crippen molar-refractivity contribution in [3.63, 3.8) is 0 Å². The quantitative estimate of drug-likeness (QED) is 0.323. The summed E-state index contributed by atoms with van der Waals surface area (Å²) in [5.74, 6) is 0.822. The van der Waals surface area contributed by atoms with Crippen LogP contribution >= 0.6 is 0 Å². The number of halogens is 1. The second-order valence-corrected chi connectivity index (χ2v) is 11.2. The van der Waals surface area contributed by atoms with Gasteiger partial charge < -0.3 is 11.1 Å². The third kappa shape index (κ3) is 8.71. The van der Waals surface area contributed by atoms with Gasteiger partial charge in [-0.15, -0.1) is 0 Å². The van der Waals surface area contributed by atoms with Crippen LogP contribution in [-0.4, -0.2) is 7.05 Å². The molecular weight excluding hydrogens is 479 g/mol. The van der Waals surface area contributed by atoms with Crippen molar-refractivity contribution >= 4 is 22.5 Å². The van der Waals surface area contributed by atoms with E-state index in [2.05, 4.69) is 69.4 Å². The third-order valence-electron chi connectivity index (χ3n) is 7.85. The van der Waals surface area contributed by atoms with Crippen LogP contribution in [-0.2, 0) is 6.42 Å². The van der Waals surface area contributed by atoms with E-state index >= 15 is 0 Å². The maximum atomic E-state index is 14.5. The lowest BCUT2D eigenvalue weighted by atomic mass is 9.87. The maximum absolute atomic E-state index is 14.5. The van der Waals surface area contributed by atoms with E-state index in [9.17, 15) is 4.39 Å². The smallest absolute Gasteiger partial charge is 0.146 e. The molecule has 0 amide bonds. The first-order chi connectivity index (χ1) is 18.9. The normalized spacial score (nSPS) is 14.9. The SMILES string of the molecule is CC1CCCC1.CCCCC.CNc1ccc(C2=C(c3ccc(C)cc3)c3ccc(N)cc3CCC2)cc1F. The lowest BCUT2D eigenvalue weighted by molar-refractivity contribution is 0.612. The van der Waals surface area contributed by atoms with Crippen LogP contribution in [0.5, 0.6) is 0 Å². The van der Waals surface area contributed by atoms with E-state index in [-0.39, 0.29) is 5.82 Å². The second kappa shape index (κ2) is 15.5. The molecule has 1 fully saturated rings. The van der Waals surface area contributed by atoms with Crippen molar-refractivity contribution in [2.45, 2.75) is 91.9 Å². The number of aryl methyl sites for hydroxylation is 2. The number of nitrogens with one attached hydrogen (secondary N) is 1. The predicted molar refractivity (Wildman–Crippen MR) is 170 cm³/mol. The molecule has 0 atom stereocenters. The third-order valence-corrected chi connectivity index (χ3v) is 7.85. The summed E-state index contributed by atoms with van der Waals surface area (Å²) in [5, 5.41) is 2.90. The van der Waals surface area contributed by atoms with Crippen molar-refractivity contribution < 1.29 is 4.39 Å². The number of anilines is 2. The van der Waals surface area contributed by atoms with E-state index in [0.29, 0.717) is 5.69 Å². The molecule has 0 saturated heterocycles. The Kier molecular flexibility index (Phi) is 12.1. The van der Waals surface area contributed by atoms with E-state index < -0.39 is 0 Å². The average molecular weight is 529 g/mol. The zero-order chi connectivity index (χ0) is 28.2. The van der Waals surface area contributed by atoms with Gasteiger partial charge in [-0.2, -0.15) is 0 Å². The van der Waals surface area contributed by atoms with Crippen LogP contribution in [0.2, 0.25) is 0 Å². The van der Waals surface area contributed by atoms with Crippen molar-refractivity contribution in [1.29, 1.82) is 0 Å². The topological polar surface area (TPSA) is 38.0 Å². The highest BCUT2D eigenvalue weighted by Gasteiger charge is 2.21. The molecule has 0 radical (unpaired) electrons. The summed E-state index contributed by atoms with van der Waals surface area (Å²) < 4.78 is 14.5. The molecule has 1 saturated carbocycles. The number of rotatable bonds is 5. The molecular formula is C36H49FN2. The summed E-state index contributed by atoms with van der Waals surface area (Å²) >= 11 is 0. The molecule has 2 aliphatic carbocycles. The van der Waals surface area contributed by atoms with Gasteiger partial charge in [-0.3, -0.25) is 0 Å². The highest BCUT2D eigenvalue weighted by atomic mass is 19.1. The standard InChI is InChI=1S/C25H25FN2.C6H12.C5H12/c1-16-6-8-17(9-7-16)25-21(19-10-13-24(28-2)23(26)15-19)5-3-4-18-14-20(27)11-12-22(18)25;1-6-4-2-3-5-6;1-3-5-4-2/h6-15,28H,3-5,27H2,1-2H3;6H,2-5H2,1H3;3-5H2,1-2H3. The lowest BCUT2D eigenvalue weighted by Crippen LogP contribution is -1.99. The van der Waals surface area contributed by atoms with Gasteiger partial charge in [-0.05, 0) is 89.8 Å². The number of fused-ring (bicyclic) bond motifs is 1. The lowest BCUT2D eigenvalue weighted by Gasteiger charge is -2.17. The van der Waals surface area contributed by atoms with Gasteiger partial charge in [0, 0.05) is 12.7 Å². The first kappa shape index (κ1) is 30.5. The van der Waals surface area contributed by atoms with E-state index in [1.165, 1.54) is 72.8 Å². The number of hydrogen-bond donors (Lipinski definition) is 2. The van der Waals surface area contributed by atoms with Crippen LogP contribution < -0.4 is 11.1 Å². The average Bonchev–Trinajstić information content (AvgIpc) is 3.33. The first-order valence-electron chi connectivity index (χ1n) is 15.0. The minimum Gasteiger partial charge on any atom is -0.399 e. The Bertz CT molecular complexity index is 1200. The summed E-state index contributed by atoms with van der Waals surface area (Å²) in [6.45, 7) is 8.85. The molecule has 0 aromatic heterocycles. The molecule has 0 aliphatic heterocycles. The minimum absolute atomic E-state index is 0.225. The zero-order valence-electron chi connectivity index (χ0n) is 24.9. The molecule has 0 heterocycles. The van der Waals surface area contributed by atoms with Gasteiger partial charge >= 0.3 is 0 Å². The highest BCUT2D eigenvalue weighted by Crippen LogP contribution is 2.40. The zero-order valence-corrected chi connectivity index (χ0v) is 24.9. The maximum Gasteiger partial charge on any atom is 0.146 e. The molecule has 5 rings (SSSR count). The van der Waals surface area contributed by atoms with Crippen molar-refractivity contribution in [1.82, 2.24) is 0 Å². The number of hydrogen-bond acceptors (Lipinski definition) is 2. The minimum atomic E-state index is -0.225. The number of unbranched alkanes of at least 4 members (excludes halogenated alkanes) is 2. The van der Waals surface area contributed by atoms with E-state index in [1.807, 2.05) is 18.2 Å². The van der Waals surface area contributed by atoms with Gasteiger partial charge in [-0.1, -0.05) is 108 Å². The molecule has 0 unspecified atom stereocenters. The largest absolute Gasteiger partial charge is 0.399 e. The van der Waals surface area contributed by atoms with Crippen molar-refractivity contribution in [3.8, 4) is 0 Å². The van der Waals surface area contributed by atoms with Gasteiger partial charge in [0.2, 0.25) is 0 Å². The van der Waals surface area contributed by atoms with Crippen molar-refractivity contribution in [2.75, 3.05) is 18.1 Å². The van der Waals surface area contributed by atoms with Crippen LogP contribution in [0, 0.1) is 18.7 Å². The summed E-state index contributed by atoms with van der Waals surface area (Å²) in [6, 6.07) is 20.2. The molecule has 3 aromatic rings. The van der Waals surface area contributed by atoms with Crippen LogP contribution in [0.1, 0.15) is 106 Å². The summed E-state index contributed by atoms with van der Waals surface area (Å²) in [5.41, 5.74) is 15.5. The Balaban J connectivity index is 0.000000320. The summed E-state index contributed by atoms with van der Waals surface area (Å²) in [7, 11) is 1.74. The van der Waals surface area contributed by atoms with Gasteiger partial charge in [0.25, 0.3) is 0 Å². The Labute approximate surface area is 236 Å². The monoisotopic (exact) mass is 528 g/mol. The Hall–Kier alpha value is -3.07. The molecule has 2 nitrogen and oxygen atoms in total. The Morgan fingerprint density at radius 1 is 0.846 bits per heavy atom. The molecule has 39 heavy (non-hydrogen) atoms. The Morgan fingerprint density at radius 2 is 1.51 bits per heavy atom. The molecule has 3 aromatic carbocycles. The molecule has 3 heteroatoms. The summed E-state index contributed by atoms with van der Waals surface area (Å²) in [6.07, 6.45) is 12.9. The van der Waals surface area contributed by atoms with Crippen molar-refractivity contribution in [2.24, 2.45) is 5.92 Å². The van der Waals surface area contributed by atoms with Crippen LogP contribution in [0.4, 0.5) is 15.8 Å². The van der Waals surface area contributed by atoms with Gasteiger partial charge in [0.1, 0.15) is 5.82 Å². The molecule has 210 valence electrons. The molecule has 0 bridgehead atoms. The van der Waals surface area contributed by atoms with Crippen LogP contribution in [0.3, 0.4) is 0 Å². The number of nitrogens with two attached hydrogens (primary N) is 1. The van der Waals surface area contributed by atoms with E-state index in [0.717, 1.165) is 42.0 Å². The number of allylic oxidation sites excluding steroid dienone is 1. The second-order valence-electron chi connectivity index (χ2n) is 11.2. The van der Waals surface area contributed by atoms with Gasteiger partial charge in [0.05, 0.1) is 5.69 Å².